The molecule has 9 nitrogen and oxygen atoms in total. The Labute approximate surface area is 158 Å². The average molecular weight is 385 g/mol. The summed E-state index contributed by atoms with van der Waals surface area (Å²) in [5.41, 5.74) is -1.54. The van der Waals surface area contributed by atoms with Crippen LogP contribution >= 0.6 is 0 Å². The Kier molecular flexibility index (Phi) is 11.8. The quantitative estimate of drug-likeness (QED) is 0.272. The number of carbonyl (C=O) groups is 3. The van der Waals surface area contributed by atoms with Crippen molar-refractivity contribution in [2.45, 2.75) is 45.5 Å². The number of ketones is 1. The van der Waals surface area contributed by atoms with Crippen molar-refractivity contribution in [2.75, 3.05) is 19.9 Å². The van der Waals surface area contributed by atoms with Crippen LogP contribution < -0.4 is 0 Å². The van der Waals surface area contributed by atoms with Crippen LogP contribution in [0.1, 0.15) is 27.7 Å². The molecule has 0 aliphatic rings. The zero-order chi connectivity index (χ0) is 20.9. The minimum Gasteiger partial charge on any atom is -0.478 e. The highest BCUT2D eigenvalue weighted by molar-refractivity contribution is 6.00. The SMILES string of the molecule is CC(COC(=O)/C=C/C(=O)C(C)(C)O)OCC(C)OCN=C/C=C/C(=O)O. The number of allylic oxidation sites excluding steroid dienone is 1. The smallest absolute Gasteiger partial charge is 0.330 e. The second kappa shape index (κ2) is 12.9. The number of aliphatic carboxylic acids is 1. The number of hydrogen-bond acceptors (Lipinski definition) is 8. The van der Waals surface area contributed by atoms with Crippen LogP contribution in [-0.4, -0.2) is 71.9 Å². The molecule has 2 N–H and O–H groups in total. The summed E-state index contributed by atoms with van der Waals surface area (Å²) in [6.07, 6.45) is 4.82. The third kappa shape index (κ3) is 14.5. The van der Waals surface area contributed by atoms with Gasteiger partial charge in [0.25, 0.3) is 0 Å². The highest BCUT2D eigenvalue weighted by atomic mass is 16.6. The molecule has 0 radical (unpaired) electrons. The highest BCUT2D eigenvalue weighted by Gasteiger charge is 2.21. The number of carboxylic acid groups (broad SMARTS) is 1. The van der Waals surface area contributed by atoms with Gasteiger partial charge < -0.3 is 24.4 Å². The maximum atomic E-state index is 11.5. The Morgan fingerprint density at radius 2 is 1.67 bits per heavy atom. The van der Waals surface area contributed by atoms with Gasteiger partial charge in [0.15, 0.2) is 5.78 Å². The van der Waals surface area contributed by atoms with Gasteiger partial charge in [-0.05, 0) is 39.8 Å². The van der Waals surface area contributed by atoms with Crippen LogP contribution in [0, 0.1) is 0 Å². The molecule has 0 spiro atoms. The maximum Gasteiger partial charge on any atom is 0.330 e. The van der Waals surface area contributed by atoms with Gasteiger partial charge in [0.1, 0.15) is 18.9 Å². The highest BCUT2D eigenvalue weighted by Crippen LogP contribution is 2.04. The molecule has 0 amide bonds. The van der Waals surface area contributed by atoms with E-state index in [9.17, 15) is 19.5 Å². The first-order valence-corrected chi connectivity index (χ1v) is 8.26. The van der Waals surface area contributed by atoms with Gasteiger partial charge in [0.05, 0.1) is 18.8 Å². The van der Waals surface area contributed by atoms with E-state index in [1.807, 2.05) is 0 Å². The third-order valence-electron chi connectivity index (χ3n) is 2.91. The Hall–Kier alpha value is -2.36. The number of hydrogen-bond donors (Lipinski definition) is 2. The van der Waals surface area contributed by atoms with E-state index in [1.165, 1.54) is 26.1 Å². The van der Waals surface area contributed by atoms with Gasteiger partial charge in [0, 0.05) is 18.4 Å². The molecule has 27 heavy (non-hydrogen) atoms. The van der Waals surface area contributed by atoms with E-state index in [4.69, 9.17) is 19.3 Å². The third-order valence-corrected chi connectivity index (χ3v) is 2.91. The first-order chi connectivity index (χ1) is 12.5. The summed E-state index contributed by atoms with van der Waals surface area (Å²) in [5, 5.41) is 17.8. The fraction of sp³-hybridized carbons (Fsp3) is 0.556. The number of ether oxygens (including phenoxy) is 3. The molecule has 0 heterocycles. The summed E-state index contributed by atoms with van der Waals surface area (Å²) in [4.78, 5) is 37.0. The van der Waals surface area contributed by atoms with Crippen molar-refractivity contribution in [3.63, 3.8) is 0 Å². The molecule has 0 aromatic rings. The molecule has 152 valence electrons. The topological polar surface area (TPSA) is 132 Å². The van der Waals surface area contributed by atoms with Gasteiger partial charge in [-0.25, -0.2) is 9.59 Å². The number of carboxylic acids is 1. The lowest BCUT2D eigenvalue weighted by Gasteiger charge is -2.16. The van der Waals surface area contributed by atoms with Gasteiger partial charge in [0.2, 0.25) is 0 Å². The second-order valence-electron chi connectivity index (χ2n) is 6.17. The van der Waals surface area contributed by atoms with Crippen LogP contribution in [0.5, 0.6) is 0 Å². The summed E-state index contributed by atoms with van der Waals surface area (Å²) in [7, 11) is 0. The lowest BCUT2D eigenvalue weighted by atomic mass is 10.0. The Balaban J connectivity index is 3.97. The van der Waals surface area contributed by atoms with E-state index in [2.05, 4.69) is 4.99 Å². The van der Waals surface area contributed by atoms with Crippen LogP contribution in [0.4, 0.5) is 0 Å². The molecule has 2 atom stereocenters. The van der Waals surface area contributed by atoms with E-state index >= 15 is 0 Å². The molecule has 0 bridgehead atoms. The lowest BCUT2D eigenvalue weighted by Crippen LogP contribution is -2.29. The Morgan fingerprint density at radius 1 is 1.04 bits per heavy atom. The first-order valence-electron chi connectivity index (χ1n) is 8.26. The van der Waals surface area contributed by atoms with Gasteiger partial charge in [-0.1, -0.05) is 0 Å². The molecular formula is C18H27NO8. The molecule has 0 saturated carbocycles. The molecule has 0 rings (SSSR count). The number of aliphatic hydroxyl groups is 1. The summed E-state index contributed by atoms with van der Waals surface area (Å²) in [5.74, 6) is -2.37. The van der Waals surface area contributed by atoms with Crippen molar-refractivity contribution in [3.05, 3.63) is 24.3 Å². The van der Waals surface area contributed by atoms with E-state index in [0.29, 0.717) is 0 Å². The van der Waals surface area contributed by atoms with Crippen LogP contribution in [0.25, 0.3) is 0 Å². The van der Waals surface area contributed by atoms with Crippen LogP contribution in [0.3, 0.4) is 0 Å². The van der Waals surface area contributed by atoms with E-state index in [0.717, 1.165) is 18.2 Å². The van der Waals surface area contributed by atoms with Crippen molar-refractivity contribution < 1.29 is 38.8 Å². The zero-order valence-electron chi connectivity index (χ0n) is 16.0. The Morgan fingerprint density at radius 3 is 2.26 bits per heavy atom. The molecular weight excluding hydrogens is 358 g/mol. The largest absolute Gasteiger partial charge is 0.478 e. The monoisotopic (exact) mass is 385 g/mol. The van der Waals surface area contributed by atoms with Gasteiger partial charge >= 0.3 is 11.9 Å². The van der Waals surface area contributed by atoms with Crippen molar-refractivity contribution in [1.82, 2.24) is 0 Å². The van der Waals surface area contributed by atoms with E-state index in [-0.39, 0.29) is 32.2 Å². The fourth-order valence-electron chi connectivity index (χ4n) is 1.39. The number of rotatable bonds is 13. The maximum absolute atomic E-state index is 11.5. The lowest BCUT2D eigenvalue weighted by molar-refractivity contribution is -0.143. The molecule has 2 unspecified atom stereocenters. The molecule has 0 aromatic heterocycles. The molecule has 0 fully saturated rings. The molecule has 0 aliphatic heterocycles. The summed E-state index contributed by atoms with van der Waals surface area (Å²) >= 11 is 0. The molecule has 0 aromatic carbocycles. The van der Waals surface area contributed by atoms with Crippen LogP contribution in [-0.2, 0) is 28.6 Å². The van der Waals surface area contributed by atoms with Crippen LogP contribution in [0.15, 0.2) is 29.3 Å². The average Bonchev–Trinajstić information content (AvgIpc) is 2.57. The van der Waals surface area contributed by atoms with Gasteiger partial charge in [-0.15, -0.1) is 0 Å². The second-order valence-corrected chi connectivity index (χ2v) is 6.17. The standard InChI is InChI=1S/C18H27NO8/c1-13(11-26-17(23)8-7-15(20)18(3,4)24)25-10-14(2)27-12-19-9-5-6-16(21)22/h5-9,13-14,24H,10-12H2,1-4H3,(H,21,22)/b6-5+,8-7+,19-9?. The number of nitrogens with zero attached hydrogens (tertiary/aromatic N) is 1. The van der Waals surface area contributed by atoms with E-state index in [1.54, 1.807) is 13.8 Å². The van der Waals surface area contributed by atoms with Crippen molar-refractivity contribution in [2.24, 2.45) is 4.99 Å². The van der Waals surface area contributed by atoms with Gasteiger partial charge in [-0.2, -0.15) is 0 Å². The molecule has 0 aliphatic carbocycles. The summed E-state index contributed by atoms with van der Waals surface area (Å²) in [6.45, 7) is 6.41. The summed E-state index contributed by atoms with van der Waals surface area (Å²) < 4.78 is 15.7. The predicted molar refractivity (Wildman–Crippen MR) is 97.5 cm³/mol. The first kappa shape index (κ1) is 24.6. The minimum absolute atomic E-state index is 0.00919. The predicted octanol–water partition coefficient (Wildman–Crippen LogP) is 0.905. The number of carbonyl (C=O) groups excluding carboxylic acids is 2. The molecule has 0 saturated heterocycles. The van der Waals surface area contributed by atoms with Crippen molar-refractivity contribution in [3.8, 4) is 0 Å². The zero-order valence-corrected chi connectivity index (χ0v) is 16.0. The minimum atomic E-state index is -1.54. The van der Waals surface area contributed by atoms with Crippen molar-refractivity contribution in [1.29, 1.82) is 0 Å². The van der Waals surface area contributed by atoms with E-state index < -0.39 is 23.3 Å². The number of esters is 1. The van der Waals surface area contributed by atoms with Crippen LogP contribution in [0.2, 0.25) is 0 Å². The number of aliphatic imine (C=N–C) groups is 1. The molecule has 9 heteroatoms. The van der Waals surface area contributed by atoms with Crippen molar-refractivity contribution >= 4 is 23.9 Å². The summed E-state index contributed by atoms with van der Waals surface area (Å²) in [6, 6.07) is 0. The fourth-order valence-corrected chi connectivity index (χ4v) is 1.39. The van der Waals surface area contributed by atoms with Gasteiger partial charge in [-0.3, -0.25) is 9.79 Å². The normalized spacial score (nSPS) is 14.7. The Bertz CT molecular complexity index is 574.